The molecule has 1 amide bonds. The van der Waals surface area contributed by atoms with Gasteiger partial charge in [-0.05, 0) is 37.5 Å². The normalized spacial score (nSPS) is 20.1. The number of nitrogens with zero attached hydrogens (tertiary/aromatic N) is 1. The molecule has 4 N–H and O–H groups in total. The number of aryl methyl sites for hydroxylation is 1. The molecule has 1 aliphatic rings. The molecule has 4 heteroatoms. The first-order chi connectivity index (χ1) is 7.59. The molecule has 0 spiro atoms. The van der Waals surface area contributed by atoms with E-state index in [1.54, 1.807) is 0 Å². The molecule has 86 valence electrons. The van der Waals surface area contributed by atoms with E-state index in [9.17, 15) is 4.79 Å². The van der Waals surface area contributed by atoms with E-state index in [2.05, 4.69) is 0 Å². The molecule has 1 aliphatic heterocycles. The summed E-state index contributed by atoms with van der Waals surface area (Å²) in [6, 6.07) is 5.68. The van der Waals surface area contributed by atoms with Crippen LogP contribution in [0.1, 0.15) is 18.4 Å². The van der Waals surface area contributed by atoms with Gasteiger partial charge >= 0.3 is 0 Å². The van der Waals surface area contributed by atoms with Crippen molar-refractivity contribution in [3.05, 3.63) is 23.8 Å². The molecular formula is C12H17N3O. The summed E-state index contributed by atoms with van der Waals surface area (Å²) < 4.78 is 0. The van der Waals surface area contributed by atoms with E-state index in [4.69, 9.17) is 11.5 Å². The van der Waals surface area contributed by atoms with Gasteiger partial charge in [0, 0.05) is 6.54 Å². The molecule has 0 bridgehead atoms. The van der Waals surface area contributed by atoms with Crippen LogP contribution in [0.4, 0.5) is 11.4 Å². The molecule has 16 heavy (non-hydrogen) atoms. The number of amides is 1. The third kappa shape index (κ3) is 1.83. The number of benzene rings is 1. The van der Waals surface area contributed by atoms with Crippen molar-refractivity contribution >= 4 is 17.3 Å². The summed E-state index contributed by atoms with van der Waals surface area (Å²) in [5.74, 6) is -0.266. The summed E-state index contributed by atoms with van der Waals surface area (Å²) in [5, 5.41) is 0. The monoisotopic (exact) mass is 219 g/mol. The van der Waals surface area contributed by atoms with Gasteiger partial charge in [0.15, 0.2) is 0 Å². The summed E-state index contributed by atoms with van der Waals surface area (Å²) in [6.45, 7) is 2.84. The van der Waals surface area contributed by atoms with Gasteiger partial charge in [0.25, 0.3) is 0 Å². The van der Waals surface area contributed by atoms with Crippen LogP contribution in [-0.2, 0) is 4.79 Å². The van der Waals surface area contributed by atoms with Crippen LogP contribution in [0.15, 0.2) is 18.2 Å². The van der Waals surface area contributed by atoms with Crippen molar-refractivity contribution in [2.75, 3.05) is 17.2 Å². The third-order valence-corrected chi connectivity index (χ3v) is 3.07. The topological polar surface area (TPSA) is 72.3 Å². The van der Waals surface area contributed by atoms with Gasteiger partial charge in [-0.15, -0.1) is 0 Å². The highest BCUT2D eigenvalue weighted by molar-refractivity contribution is 5.86. The van der Waals surface area contributed by atoms with Crippen molar-refractivity contribution in [2.24, 2.45) is 5.73 Å². The minimum Gasteiger partial charge on any atom is -0.397 e. The van der Waals surface area contributed by atoms with E-state index in [1.807, 2.05) is 30.0 Å². The Hall–Kier alpha value is -1.71. The summed E-state index contributed by atoms with van der Waals surface area (Å²) >= 11 is 0. The maximum absolute atomic E-state index is 11.3. The Morgan fingerprint density at radius 3 is 2.88 bits per heavy atom. The summed E-state index contributed by atoms with van der Waals surface area (Å²) in [5.41, 5.74) is 14.1. The van der Waals surface area contributed by atoms with Crippen LogP contribution in [0.25, 0.3) is 0 Å². The number of nitrogen functional groups attached to an aromatic ring is 1. The van der Waals surface area contributed by atoms with Gasteiger partial charge in [0.05, 0.1) is 11.4 Å². The van der Waals surface area contributed by atoms with Crippen LogP contribution in [0.2, 0.25) is 0 Å². The van der Waals surface area contributed by atoms with Gasteiger partial charge in [-0.25, -0.2) is 0 Å². The first kappa shape index (κ1) is 10.8. The fraction of sp³-hybridized carbons (Fsp3) is 0.417. The first-order valence-electron chi connectivity index (χ1n) is 5.51. The van der Waals surface area contributed by atoms with Crippen LogP contribution in [0.3, 0.4) is 0 Å². The standard InChI is InChI=1S/C12H17N3O/c1-8-4-5-10(9(13)7-8)15-6-2-3-11(15)12(14)16/h4-5,7,11H,2-3,6,13H2,1H3,(H2,14,16). The van der Waals surface area contributed by atoms with E-state index in [0.29, 0.717) is 5.69 Å². The lowest BCUT2D eigenvalue weighted by atomic mass is 10.1. The predicted molar refractivity (Wildman–Crippen MR) is 65.2 cm³/mol. The number of anilines is 2. The highest BCUT2D eigenvalue weighted by Crippen LogP contribution is 2.30. The molecule has 1 saturated heterocycles. The molecule has 0 saturated carbocycles. The van der Waals surface area contributed by atoms with E-state index < -0.39 is 0 Å². The van der Waals surface area contributed by atoms with Gasteiger partial charge in [0.1, 0.15) is 6.04 Å². The zero-order chi connectivity index (χ0) is 11.7. The maximum atomic E-state index is 11.3. The molecule has 0 aliphatic carbocycles. The Morgan fingerprint density at radius 2 is 2.25 bits per heavy atom. The molecular weight excluding hydrogens is 202 g/mol. The highest BCUT2D eigenvalue weighted by atomic mass is 16.1. The average molecular weight is 219 g/mol. The number of primary amides is 1. The first-order valence-corrected chi connectivity index (χ1v) is 5.51. The van der Waals surface area contributed by atoms with Gasteiger partial charge in [-0.2, -0.15) is 0 Å². The fourth-order valence-corrected chi connectivity index (χ4v) is 2.29. The fourth-order valence-electron chi connectivity index (χ4n) is 2.29. The number of hydrogen-bond acceptors (Lipinski definition) is 3. The number of carbonyl (C=O) groups is 1. The molecule has 1 unspecified atom stereocenters. The van der Waals surface area contributed by atoms with E-state index >= 15 is 0 Å². The quantitative estimate of drug-likeness (QED) is 0.730. The molecule has 4 nitrogen and oxygen atoms in total. The molecule has 0 aromatic heterocycles. The van der Waals surface area contributed by atoms with E-state index in [-0.39, 0.29) is 11.9 Å². The molecule has 1 heterocycles. The zero-order valence-electron chi connectivity index (χ0n) is 9.44. The molecule has 1 aromatic rings. The second-order valence-corrected chi connectivity index (χ2v) is 4.32. The lowest BCUT2D eigenvalue weighted by Gasteiger charge is -2.25. The second kappa shape index (κ2) is 4.04. The number of rotatable bonds is 2. The summed E-state index contributed by atoms with van der Waals surface area (Å²) in [6.07, 6.45) is 1.81. The lowest BCUT2D eigenvalue weighted by molar-refractivity contribution is -0.119. The van der Waals surface area contributed by atoms with Gasteiger partial charge in [0.2, 0.25) is 5.91 Å². The van der Waals surface area contributed by atoms with Crippen LogP contribution in [0, 0.1) is 6.92 Å². The van der Waals surface area contributed by atoms with Crippen LogP contribution in [-0.4, -0.2) is 18.5 Å². The van der Waals surface area contributed by atoms with Crippen molar-refractivity contribution in [2.45, 2.75) is 25.8 Å². The molecule has 1 atom stereocenters. The molecule has 0 radical (unpaired) electrons. The minimum absolute atomic E-state index is 0.204. The van der Waals surface area contributed by atoms with Crippen LogP contribution < -0.4 is 16.4 Å². The lowest BCUT2D eigenvalue weighted by Crippen LogP contribution is -2.40. The van der Waals surface area contributed by atoms with Crippen LogP contribution >= 0.6 is 0 Å². The number of nitrogens with two attached hydrogens (primary N) is 2. The van der Waals surface area contributed by atoms with Gasteiger partial charge in [-0.3, -0.25) is 4.79 Å². The van der Waals surface area contributed by atoms with E-state index in [1.165, 1.54) is 0 Å². The Labute approximate surface area is 95.2 Å². The van der Waals surface area contributed by atoms with Gasteiger partial charge < -0.3 is 16.4 Å². The van der Waals surface area contributed by atoms with Crippen molar-refractivity contribution in [3.8, 4) is 0 Å². The molecule has 2 rings (SSSR count). The second-order valence-electron chi connectivity index (χ2n) is 4.32. The average Bonchev–Trinajstić information content (AvgIpc) is 2.66. The predicted octanol–water partition coefficient (Wildman–Crippen LogP) is 1.03. The Morgan fingerprint density at radius 1 is 1.50 bits per heavy atom. The number of carbonyl (C=O) groups excluding carboxylic acids is 1. The van der Waals surface area contributed by atoms with Gasteiger partial charge in [-0.1, -0.05) is 6.07 Å². The third-order valence-electron chi connectivity index (χ3n) is 3.07. The smallest absolute Gasteiger partial charge is 0.240 e. The zero-order valence-corrected chi connectivity index (χ0v) is 9.44. The van der Waals surface area contributed by atoms with Crippen molar-refractivity contribution in [1.29, 1.82) is 0 Å². The number of hydrogen-bond donors (Lipinski definition) is 2. The molecule has 1 fully saturated rings. The summed E-state index contributed by atoms with van der Waals surface area (Å²) in [4.78, 5) is 13.3. The van der Waals surface area contributed by atoms with Crippen molar-refractivity contribution in [1.82, 2.24) is 0 Å². The summed E-state index contributed by atoms with van der Waals surface area (Å²) in [7, 11) is 0. The highest BCUT2D eigenvalue weighted by Gasteiger charge is 2.29. The minimum atomic E-state index is -0.266. The Bertz CT molecular complexity index is 417. The largest absolute Gasteiger partial charge is 0.397 e. The van der Waals surface area contributed by atoms with Crippen LogP contribution in [0.5, 0.6) is 0 Å². The van der Waals surface area contributed by atoms with Crippen molar-refractivity contribution < 1.29 is 4.79 Å². The van der Waals surface area contributed by atoms with E-state index in [0.717, 1.165) is 30.6 Å². The Kier molecular flexibility index (Phi) is 2.73. The molecule has 1 aromatic carbocycles. The maximum Gasteiger partial charge on any atom is 0.240 e. The SMILES string of the molecule is Cc1ccc(N2CCCC2C(N)=O)c(N)c1. The Balaban J connectivity index is 2.32. The van der Waals surface area contributed by atoms with Crippen molar-refractivity contribution in [3.63, 3.8) is 0 Å².